The third-order valence-corrected chi connectivity index (χ3v) is 3.37. The van der Waals surface area contributed by atoms with E-state index in [2.05, 4.69) is 0 Å². The molecule has 15 heteroatoms. The maximum atomic E-state index is 10.7. The first kappa shape index (κ1) is 27.0. The molecule has 0 amide bonds. The van der Waals surface area contributed by atoms with Crippen LogP contribution in [0.5, 0.6) is 0 Å². The second kappa shape index (κ2) is 11.2. The molecule has 160 valence electrons. The molecule has 0 spiro atoms. The molecule has 0 radical (unpaired) electrons. The molecular formula is C16H10HfN2O12. The largest absolute Gasteiger partial charge is 0.478 e. The molecule has 0 saturated carbocycles. The number of nitro benzene ring substituents is 2. The Labute approximate surface area is 189 Å². The Balaban J connectivity index is 0.000000562. The van der Waals surface area contributed by atoms with Gasteiger partial charge in [-0.1, -0.05) is 12.1 Å². The van der Waals surface area contributed by atoms with Crippen LogP contribution < -0.4 is 0 Å². The predicted octanol–water partition coefficient (Wildman–Crippen LogP) is 1.98. The summed E-state index contributed by atoms with van der Waals surface area (Å²) in [5.41, 5.74) is -4.29. The van der Waals surface area contributed by atoms with Gasteiger partial charge in [-0.15, -0.1) is 0 Å². The molecule has 0 saturated heterocycles. The Hall–Kier alpha value is -4.01. The molecule has 31 heavy (non-hydrogen) atoms. The van der Waals surface area contributed by atoms with Gasteiger partial charge in [0.1, 0.15) is 0 Å². The number of hydrogen-bond donors (Lipinski definition) is 4. The smallest absolute Gasteiger partial charge is 0.343 e. The summed E-state index contributed by atoms with van der Waals surface area (Å²) in [4.78, 5) is 61.6. The van der Waals surface area contributed by atoms with Gasteiger partial charge in [0.25, 0.3) is 11.4 Å². The third-order valence-electron chi connectivity index (χ3n) is 3.37. The van der Waals surface area contributed by atoms with Crippen LogP contribution in [-0.2, 0) is 25.8 Å². The Morgan fingerprint density at radius 3 is 1.10 bits per heavy atom. The van der Waals surface area contributed by atoms with Crippen molar-refractivity contribution in [3.8, 4) is 0 Å². The molecule has 2 aromatic carbocycles. The van der Waals surface area contributed by atoms with Crippen molar-refractivity contribution < 1.29 is 75.3 Å². The van der Waals surface area contributed by atoms with Gasteiger partial charge in [-0.05, 0) is 12.1 Å². The molecule has 0 aliphatic carbocycles. The maximum absolute atomic E-state index is 10.7. The Morgan fingerprint density at radius 1 is 0.613 bits per heavy atom. The van der Waals surface area contributed by atoms with E-state index in [9.17, 15) is 39.4 Å². The molecule has 4 N–H and O–H groups in total. The summed E-state index contributed by atoms with van der Waals surface area (Å²) in [6.45, 7) is 0. The van der Waals surface area contributed by atoms with Crippen LogP contribution in [-0.4, -0.2) is 54.1 Å². The van der Waals surface area contributed by atoms with Crippen LogP contribution in [0.1, 0.15) is 41.4 Å². The van der Waals surface area contributed by atoms with E-state index in [-0.39, 0.29) is 25.8 Å². The SMILES string of the molecule is O=C(O)c1cccc([N+](=O)[O-])c1C(=O)O.O=C(O)c1cccc([N+](=O)[O-])c1C(=O)O.[Hf]. The average Bonchev–Trinajstić information content (AvgIpc) is 2.66. The van der Waals surface area contributed by atoms with Gasteiger partial charge >= 0.3 is 23.9 Å². The standard InChI is InChI=1S/2C8H5NO6.Hf/c2*10-7(11)4-2-1-3-5(9(14)15)6(4)8(12)13;/h2*1-3H,(H,10,11)(H,12,13);. The van der Waals surface area contributed by atoms with Crippen molar-refractivity contribution in [2.75, 3.05) is 0 Å². The van der Waals surface area contributed by atoms with Crippen molar-refractivity contribution in [1.29, 1.82) is 0 Å². The van der Waals surface area contributed by atoms with Crippen LogP contribution >= 0.6 is 0 Å². The van der Waals surface area contributed by atoms with Gasteiger partial charge in [-0.2, -0.15) is 0 Å². The number of rotatable bonds is 6. The first-order chi connectivity index (χ1) is 13.9. The number of benzene rings is 2. The predicted molar refractivity (Wildman–Crippen MR) is 94.0 cm³/mol. The minimum Gasteiger partial charge on any atom is -0.478 e. The first-order valence-corrected chi connectivity index (χ1v) is 7.38. The van der Waals surface area contributed by atoms with E-state index in [0.717, 1.165) is 36.4 Å². The number of aromatic carboxylic acids is 4. The summed E-state index contributed by atoms with van der Waals surface area (Å²) >= 11 is 0. The minimum absolute atomic E-state index is 0. The molecule has 14 nitrogen and oxygen atoms in total. The van der Waals surface area contributed by atoms with Gasteiger partial charge in [-0.3, -0.25) is 20.2 Å². The van der Waals surface area contributed by atoms with E-state index in [4.69, 9.17) is 20.4 Å². The van der Waals surface area contributed by atoms with Crippen molar-refractivity contribution in [3.05, 3.63) is 78.9 Å². The maximum Gasteiger partial charge on any atom is 0.343 e. The number of carboxylic acid groups (broad SMARTS) is 4. The Kier molecular flexibility index (Phi) is 9.79. The quantitative estimate of drug-likeness (QED) is 0.211. The number of carbonyl (C=O) groups is 4. The molecule has 2 aromatic rings. The van der Waals surface area contributed by atoms with Crippen LogP contribution in [0.25, 0.3) is 0 Å². The Bertz CT molecular complexity index is 932. The van der Waals surface area contributed by atoms with Crippen molar-refractivity contribution in [2.45, 2.75) is 0 Å². The molecule has 2 rings (SSSR count). The summed E-state index contributed by atoms with van der Waals surface area (Å²) in [7, 11) is 0. The summed E-state index contributed by atoms with van der Waals surface area (Å²) in [6, 6.07) is 6.12. The van der Waals surface area contributed by atoms with Gasteiger partial charge in [0.2, 0.25) is 0 Å². The number of carboxylic acids is 4. The van der Waals surface area contributed by atoms with Crippen molar-refractivity contribution in [3.63, 3.8) is 0 Å². The summed E-state index contributed by atoms with van der Waals surface area (Å²) in [5, 5.41) is 55.5. The van der Waals surface area contributed by atoms with E-state index in [1.165, 1.54) is 0 Å². The fourth-order valence-corrected chi connectivity index (χ4v) is 2.19. The van der Waals surface area contributed by atoms with Crippen LogP contribution in [0.2, 0.25) is 0 Å². The van der Waals surface area contributed by atoms with E-state index in [0.29, 0.717) is 0 Å². The van der Waals surface area contributed by atoms with Crippen LogP contribution in [0.15, 0.2) is 36.4 Å². The zero-order valence-corrected chi connectivity index (χ0v) is 18.5. The zero-order valence-electron chi connectivity index (χ0n) is 14.9. The molecular weight excluding hydrogens is 591 g/mol. The number of hydrogen-bond acceptors (Lipinski definition) is 8. The summed E-state index contributed by atoms with van der Waals surface area (Å²) in [6.07, 6.45) is 0. The van der Waals surface area contributed by atoms with E-state index >= 15 is 0 Å². The second-order valence-corrected chi connectivity index (χ2v) is 5.13. The van der Waals surface area contributed by atoms with E-state index in [1.807, 2.05) is 0 Å². The summed E-state index contributed by atoms with van der Waals surface area (Å²) < 4.78 is 0. The van der Waals surface area contributed by atoms with Crippen LogP contribution in [0.4, 0.5) is 11.4 Å². The van der Waals surface area contributed by atoms with Crippen molar-refractivity contribution in [1.82, 2.24) is 0 Å². The number of nitro groups is 2. The topological polar surface area (TPSA) is 235 Å². The molecule has 0 aliphatic rings. The summed E-state index contributed by atoms with van der Waals surface area (Å²) in [5.74, 6) is -6.31. The van der Waals surface area contributed by atoms with E-state index in [1.54, 1.807) is 0 Å². The molecule has 0 atom stereocenters. The molecule has 0 bridgehead atoms. The van der Waals surface area contributed by atoms with Gasteiger partial charge in [0.05, 0.1) is 21.0 Å². The molecule has 0 aromatic heterocycles. The second-order valence-electron chi connectivity index (χ2n) is 5.13. The van der Waals surface area contributed by atoms with Gasteiger partial charge < -0.3 is 20.4 Å². The molecule has 0 aliphatic heterocycles. The van der Waals surface area contributed by atoms with Crippen LogP contribution in [0, 0.1) is 20.2 Å². The van der Waals surface area contributed by atoms with Gasteiger partial charge in [0.15, 0.2) is 11.1 Å². The molecule has 0 unspecified atom stereocenters. The van der Waals surface area contributed by atoms with Gasteiger partial charge in [0, 0.05) is 38.0 Å². The minimum atomic E-state index is -1.64. The normalized spacial score (nSPS) is 9.29. The van der Waals surface area contributed by atoms with Crippen molar-refractivity contribution >= 4 is 35.3 Å². The van der Waals surface area contributed by atoms with Gasteiger partial charge in [-0.25, -0.2) is 19.2 Å². The zero-order chi connectivity index (χ0) is 23.2. The first-order valence-electron chi connectivity index (χ1n) is 7.38. The Morgan fingerprint density at radius 2 is 0.903 bits per heavy atom. The third kappa shape index (κ3) is 6.49. The molecule has 0 heterocycles. The van der Waals surface area contributed by atoms with Crippen molar-refractivity contribution in [2.24, 2.45) is 0 Å². The monoisotopic (exact) mass is 602 g/mol. The average molecular weight is 601 g/mol. The van der Waals surface area contributed by atoms with Crippen LogP contribution in [0.3, 0.4) is 0 Å². The fraction of sp³-hybridized carbons (Fsp3) is 0. The van der Waals surface area contributed by atoms with E-state index < -0.39 is 67.4 Å². The molecule has 0 fully saturated rings. The fourth-order valence-electron chi connectivity index (χ4n) is 2.19. The number of nitrogens with zero attached hydrogens (tertiary/aromatic N) is 2.